The van der Waals surface area contributed by atoms with Crippen LogP contribution in [0.1, 0.15) is 15.9 Å². The molecule has 1 aromatic heterocycles. The number of nitrogens with zero attached hydrogens (tertiary/aromatic N) is 2. The number of carbonyl (C=O) groups is 1. The molecule has 7 heteroatoms. The van der Waals surface area contributed by atoms with Crippen LogP contribution in [-0.2, 0) is 0 Å². The Kier molecular flexibility index (Phi) is 5.81. The minimum absolute atomic E-state index is 0.267. The molecule has 162 valence electrons. The van der Waals surface area contributed by atoms with Gasteiger partial charge in [0.15, 0.2) is 0 Å². The van der Waals surface area contributed by atoms with E-state index in [9.17, 15) is 4.79 Å². The first-order chi connectivity index (χ1) is 15.5. The molecule has 0 bridgehead atoms. The van der Waals surface area contributed by atoms with Gasteiger partial charge < -0.3 is 20.5 Å². The molecule has 3 N–H and O–H groups in total. The molecule has 7 nitrogen and oxygen atoms in total. The molecule has 32 heavy (non-hydrogen) atoms. The summed E-state index contributed by atoms with van der Waals surface area (Å²) in [4.78, 5) is 12.8. The molecule has 0 saturated heterocycles. The van der Waals surface area contributed by atoms with Gasteiger partial charge in [-0.25, -0.2) is 4.68 Å². The molecule has 0 unspecified atom stereocenters. The first-order valence-corrected chi connectivity index (χ1v) is 10.0. The molecule has 1 heterocycles. The van der Waals surface area contributed by atoms with Gasteiger partial charge in [0.05, 0.1) is 31.3 Å². The van der Waals surface area contributed by atoms with Gasteiger partial charge >= 0.3 is 0 Å². The molecular formula is C25H24N4O3. The van der Waals surface area contributed by atoms with Crippen LogP contribution in [0.15, 0.2) is 72.8 Å². The number of nitrogens with two attached hydrogens (primary N) is 1. The molecular weight excluding hydrogens is 404 g/mol. The summed E-state index contributed by atoms with van der Waals surface area (Å²) in [5.41, 5.74) is 10.9. The zero-order valence-electron chi connectivity index (χ0n) is 18.1. The molecule has 0 aliphatic rings. The van der Waals surface area contributed by atoms with E-state index in [4.69, 9.17) is 15.2 Å². The Balaban J connectivity index is 1.56. The normalized spacial score (nSPS) is 10.6. The standard InChI is InChI=1S/C25H24N4O3/c1-16-5-4-6-18(13-16)21-15-24(26)29(28-21)19-9-7-17(8-10-19)25(30)27-22-14-20(31-2)11-12-23(22)32-3/h4-15H,26H2,1-3H3,(H,27,30). The van der Waals surface area contributed by atoms with E-state index in [1.807, 2.05) is 31.2 Å². The summed E-state index contributed by atoms with van der Waals surface area (Å²) in [5, 5.41) is 7.50. The van der Waals surface area contributed by atoms with Crippen molar-refractivity contribution in [2.45, 2.75) is 6.92 Å². The van der Waals surface area contributed by atoms with Crippen molar-refractivity contribution in [1.29, 1.82) is 0 Å². The monoisotopic (exact) mass is 428 g/mol. The predicted molar refractivity (Wildman–Crippen MR) is 126 cm³/mol. The predicted octanol–water partition coefficient (Wildman–Crippen LogP) is 4.70. The van der Waals surface area contributed by atoms with Gasteiger partial charge in [-0.05, 0) is 49.4 Å². The second-order valence-corrected chi connectivity index (χ2v) is 7.30. The number of ether oxygens (including phenoxy) is 2. The van der Waals surface area contributed by atoms with Gasteiger partial charge in [0.2, 0.25) is 0 Å². The topological polar surface area (TPSA) is 91.4 Å². The number of hydrogen-bond donors (Lipinski definition) is 2. The Hall–Kier alpha value is -4.26. The molecule has 0 spiro atoms. The fraction of sp³-hybridized carbons (Fsp3) is 0.120. The number of carbonyl (C=O) groups excluding carboxylic acids is 1. The SMILES string of the molecule is COc1ccc(OC)c(NC(=O)c2ccc(-n3nc(-c4cccc(C)c4)cc3N)cc2)c1. The quantitative estimate of drug-likeness (QED) is 0.464. The van der Waals surface area contributed by atoms with Crippen LogP contribution in [0.3, 0.4) is 0 Å². The zero-order valence-corrected chi connectivity index (χ0v) is 18.1. The van der Waals surface area contributed by atoms with Gasteiger partial charge in [0, 0.05) is 23.3 Å². The zero-order chi connectivity index (χ0) is 22.7. The highest BCUT2D eigenvalue weighted by molar-refractivity contribution is 6.05. The van der Waals surface area contributed by atoms with E-state index in [0.717, 1.165) is 22.5 Å². The number of aromatic nitrogens is 2. The molecule has 0 fully saturated rings. The molecule has 0 saturated carbocycles. The Morgan fingerprint density at radius 2 is 1.75 bits per heavy atom. The van der Waals surface area contributed by atoms with Gasteiger partial charge in [0.25, 0.3) is 5.91 Å². The number of anilines is 2. The average molecular weight is 428 g/mol. The molecule has 3 aromatic carbocycles. The van der Waals surface area contributed by atoms with Crippen LogP contribution in [0.4, 0.5) is 11.5 Å². The minimum Gasteiger partial charge on any atom is -0.497 e. The van der Waals surface area contributed by atoms with Crippen molar-refractivity contribution in [3.8, 4) is 28.4 Å². The highest BCUT2D eigenvalue weighted by atomic mass is 16.5. The molecule has 0 radical (unpaired) electrons. The smallest absolute Gasteiger partial charge is 0.255 e. The van der Waals surface area contributed by atoms with Crippen molar-refractivity contribution < 1.29 is 14.3 Å². The maximum Gasteiger partial charge on any atom is 0.255 e. The first kappa shape index (κ1) is 21.0. The summed E-state index contributed by atoms with van der Waals surface area (Å²) in [6.45, 7) is 2.04. The van der Waals surface area contributed by atoms with Crippen molar-refractivity contribution in [2.75, 3.05) is 25.3 Å². The van der Waals surface area contributed by atoms with E-state index in [1.165, 1.54) is 0 Å². The summed E-state index contributed by atoms with van der Waals surface area (Å²) in [6, 6.07) is 22.2. The molecule has 0 aliphatic carbocycles. The number of aryl methyl sites for hydroxylation is 1. The van der Waals surface area contributed by atoms with Gasteiger partial charge in [-0.1, -0.05) is 23.8 Å². The van der Waals surface area contributed by atoms with Crippen molar-refractivity contribution in [3.63, 3.8) is 0 Å². The van der Waals surface area contributed by atoms with Crippen LogP contribution in [0.2, 0.25) is 0 Å². The van der Waals surface area contributed by atoms with Crippen LogP contribution >= 0.6 is 0 Å². The van der Waals surface area contributed by atoms with Crippen molar-refractivity contribution in [3.05, 3.63) is 83.9 Å². The van der Waals surface area contributed by atoms with E-state index in [1.54, 1.807) is 61.4 Å². The lowest BCUT2D eigenvalue weighted by Gasteiger charge is -2.12. The van der Waals surface area contributed by atoms with Crippen LogP contribution in [0.5, 0.6) is 11.5 Å². The Labute approximate surface area is 186 Å². The third-order valence-corrected chi connectivity index (χ3v) is 5.08. The highest BCUT2D eigenvalue weighted by Gasteiger charge is 2.13. The van der Waals surface area contributed by atoms with E-state index >= 15 is 0 Å². The number of rotatable bonds is 6. The summed E-state index contributed by atoms with van der Waals surface area (Å²) in [6.07, 6.45) is 0. The molecule has 0 atom stereocenters. The third kappa shape index (κ3) is 4.27. The van der Waals surface area contributed by atoms with E-state index in [0.29, 0.717) is 28.6 Å². The summed E-state index contributed by atoms with van der Waals surface area (Å²) in [5.74, 6) is 1.41. The fourth-order valence-corrected chi connectivity index (χ4v) is 3.41. The lowest BCUT2D eigenvalue weighted by Crippen LogP contribution is -2.13. The maximum atomic E-state index is 12.8. The Morgan fingerprint density at radius 3 is 2.44 bits per heavy atom. The van der Waals surface area contributed by atoms with E-state index < -0.39 is 0 Å². The van der Waals surface area contributed by atoms with Gasteiger partial charge in [-0.3, -0.25) is 4.79 Å². The van der Waals surface area contributed by atoms with Crippen LogP contribution in [0, 0.1) is 6.92 Å². The maximum absolute atomic E-state index is 12.8. The lowest BCUT2D eigenvalue weighted by atomic mass is 10.1. The van der Waals surface area contributed by atoms with Gasteiger partial charge in [0.1, 0.15) is 17.3 Å². The molecule has 1 amide bonds. The summed E-state index contributed by atoms with van der Waals surface area (Å²) < 4.78 is 12.2. The first-order valence-electron chi connectivity index (χ1n) is 10.0. The third-order valence-electron chi connectivity index (χ3n) is 5.08. The number of nitrogen functional groups attached to an aromatic ring is 1. The van der Waals surface area contributed by atoms with Crippen LogP contribution in [0.25, 0.3) is 16.9 Å². The number of hydrogen-bond acceptors (Lipinski definition) is 5. The second kappa shape index (κ2) is 8.85. The molecule has 0 aliphatic heterocycles. The van der Waals surface area contributed by atoms with Crippen molar-refractivity contribution >= 4 is 17.4 Å². The van der Waals surface area contributed by atoms with Crippen LogP contribution < -0.4 is 20.5 Å². The largest absolute Gasteiger partial charge is 0.497 e. The van der Waals surface area contributed by atoms with E-state index in [-0.39, 0.29) is 5.91 Å². The van der Waals surface area contributed by atoms with Gasteiger partial charge in [-0.2, -0.15) is 5.10 Å². The minimum atomic E-state index is -0.267. The number of amides is 1. The van der Waals surface area contributed by atoms with Gasteiger partial charge in [-0.15, -0.1) is 0 Å². The average Bonchev–Trinajstić information content (AvgIpc) is 3.20. The lowest BCUT2D eigenvalue weighted by molar-refractivity contribution is 0.102. The van der Waals surface area contributed by atoms with Crippen molar-refractivity contribution in [1.82, 2.24) is 9.78 Å². The van der Waals surface area contributed by atoms with E-state index in [2.05, 4.69) is 16.5 Å². The summed E-state index contributed by atoms with van der Waals surface area (Å²) >= 11 is 0. The second-order valence-electron chi connectivity index (χ2n) is 7.30. The molecule has 4 aromatic rings. The van der Waals surface area contributed by atoms with Crippen LogP contribution in [-0.4, -0.2) is 29.9 Å². The number of methoxy groups -OCH3 is 2. The van der Waals surface area contributed by atoms with Crippen molar-refractivity contribution in [2.24, 2.45) is 0 Å². The highest BCUT2D eigenvalue weighted by Crippen LogP contribution is 2.29. The number of nitrogens with one attached hydrogen (secondary N) is 1. The summed E-state index contributed by atoms with van der Waals surface area (Å²) in [7, 11) is 3.11. The Morgan fingerprint density at radius 1 is 0.969 bits per heavy atom. The fourth-order valence-electron chi connectivity index (χ4n) is 3.41. The Bertz CT molecular complexity index is 1260. The molecule has 4 rings (SSSR count). The number of benzene rings is 3.